The predicted molar refractivity (Wildman–Crippen MR) is 96.6 cm³/mol. The van der Waals surface area contributed by atoms with E-state index in [4.69, 9.17) is 0 Å². The Morgan fingerprint density at radius 3 is 1.79 bits per heavy atom. The van der Waals surface area contributed by atoms with Crippen molar-refractivity contribution in [2.24, 2.45) is 10.3 Å². The first-order valence-electron chi connectivity index (χ1n) is 7.80. The minimum atomic E-state index is 0.837. The summed E-state index contributed by atoms with van der Waals surface area (Å²) in [5.74, 6) is 0. The topological polar surface area (TPSA) is 40.0 Å². The summed E-state index contributed by atoms with van der Waals surface area (Å²) in [6, 6.07) is 30.4. The smallest absolute Gasteiger partial charge is 0.121 e. The van der Waals surface area contributed by atoms with Crippen molar-refractivity contribution in [3.8, 4) is 0 Å². The van der Waals surface area contributed by atoms with Crippen LogP contribution in [0.2, 0.25) is 0 Å². The molecule has 0 aromatic heterocycles. The van der Waals surface area contributed by atoms with Crippen LogP contribution in [0.4, 0.5) is 5.69 Å². The molecule has 0 radical (unpaired) electrons. The fraction of sp³-hybridized carbons (Fsp3) is 0. The fourth-order valence-electron chi connectivity index (χ4n) is 2.74. The zero-order valence-electron chi connectivity index (χ0n) is 13.0. The number of nitrogens with one attached hydrogen (secondary N) is 1. The molecule has 0 aliphatic carbocycles. The number of hydrogen-bond acceptors (Lipinski definition) is 4. The van der Waals surface area contributed by atoms with Gasteiger partial charge in [-0.1, -0.05) is 84.1 Å². The van der Waals surface area contributed by atoms with Crippen LogP contribution in [0.3, 0.4) is 0 Å². The number of hydrogen-bond donors (Lipinski definition) is 1. The third-order valence-corrected chi connectivity index (χ3v) is 3.85. The molecule has 0 bridgehead atoms. The monoisotopic (exact) mass is 312 g/mol. The van der Waals surface area contributed by atoms with Crippen LogP contribution in [0.15, 0.2) is 101 Å². The van der Waals surface area contributed by atoms with Crippen LogP contribution in [0, 0.1) is 0 Å². The molecule has 0 fully saturated rings. The molecule has 1 heterocycles. The molecule has 1 aliphatic rings. The fourth-order valence-corrected chi connectivity index (χ4v) is 2.74. The minimum absolute atomic E-state index is 0.837. The number of hydrazine groups is 1. The highest BCUT2D eigenvalue weighted by atomic mass is 15.7. The van der Waals surface area contributed by atoms with E-state index in [0.717, 1.165) is 28.2 Å². The van der Waals surface area contributed by atoms with Gasteiger partial charge >= 0.3 is 0 Å². The van der Waals surface area contributed by atoms with Crippen LogP contribution in [-0.2, 0) is 0 Å². The second-order valence-electron chi connectivity index (χ2n) is 5.40. The van der Waals surface area contributed by atoms with E-state index < -0.39 is 0 Å². The van der Waals surface area contributed by atoms with Gasteiger partial charge in [-0.2, -0.15) is 5.53 Å². The molecule has 0 saturated heterocycles. The van der Waals surface area contributed by atoms with Crippen molar-refractivity contribution in [2.45, 2.75) is 0 Å². The molecule has 0 spiro atoms. The molecule has 116 valence electrons. The summed E-state index contributed by atoms with van der Waals surface area (Å²) >= 11 is 0. The van der Waals surface area contributed by atoms with Crippen molar-refractivity contribution < 1.29 is 0 Å². The maximum Gasteiger partial charge on any atom is 0.121 e. The molecule has 4 nitrogen and oxygen atoms in total. The lowest BCUT2D eigenvalue weighted by Gasteiger charge is -2.30. The zero-order valence-corrected chi connectivity index (χ0v) is 13.0. The lowest BCUT2D eigenvalue weighted by atomic mass is 10.0. The molecular weight excluding hydrogens is 296 g/mol. The van der Waals surface area contributed by atoms with Crippen LogP contribution < -0.4 is 10.5 Å². The Hall–Kier alpha value is -3.40. The van der Waals surface area contributed by atoms with E-state index in [1.165, 1.54) is 0 Å². The molecule has 3 aromatic rings. The highest BCUT2D eigenvalue weighted by Gasteiger charge is 2.23. The quantitative estimate of drug-likeness (QED) is 0.747. The van der Waals surface area contributed by atoms with E-state index in [0.29, 0.717) is 0 Å². The molecular formula is C20H16N4. The van der Waals surface area contributed by atoms with E-state index in [9.17, 15) is 0 Å². The largest absolute Gasteiger partial charge is 0.236 e. The van der Waals surface area contributed by atoms with Gasteiger partial charge in [-0.25, -0.2) is 5.01 Å². The van der Waals surface area contributed by atoms with Gasteiger partial charge < -0.3 is 0 Å². The molecule has 0 unspecified atom stereocenters. The number of rotatable bonds is 3. The number of para-hydroxylation sites is 1. The minimum Gasteiger partial charge on any atom is -0.236 e. The van der Waals surface area contributed by atoms with Crippen molar-refractivity contribution in [1.82, 2.24) is 5.53 Å². The Balaban J connectivity index is 1.93. The Bertz CT molecular complexity index is 871. The summed E-state index contributed by atoms with van der Waals surface area (Å²) in [5, 5.41) is 10.5. The normalized spacial score (nSPS) is 13.8. The summed E-state index contributed by atoms with van der Waals surface area (Å²) in [6.45, 7) is 0. The van der Waals surface area contributed by atoms with E-state index in [-0.39, 0.29) is 0 Å². The van der Waals surface area contributed by atoms with Crippen LogP contribution in [-0.4, -0.2) is 0 Å². The first kappa shape index (κ1) is 14.2. The molecule has 1 aliphatic heterocycles. The van der Waals surface area contributed by atoms with Crippen LogP contribution in [0.5, 0.6) is 0 Å². The Labute approximate surface area is 140 Å². The van der Waals surface area contributed by atoms with Crippen LogP contribution >= 0.6 is 0 Å². The van der Waals surface area contributed by atoms with Crippen molar-refractivity contribution in [1.29, 1.82) is 0 Å². The van der Waals surface area contributed by atoms with Gasteiger partial charge in [-0.15, -0.1) is 5.11 Å². The van der Waals surface area contributed by atoms with Gasteiger partial charge in [0.1, 0.15) is 11.4 Å². The summed E-state index contributed by atoms with van der Waals surface area (Å²) in [4.78, 5) is 0. The number of anilines is 1. The summed E-state index contributed by atoms with van der Waals surface area (Å²) in [6.07, 6.45) is 0. The summed E-state index contributed by atoms with van der Waals surface area (Å²) in [5.41, 5.74) is 7.94. The summed E-state index contributed by atoms with van der Waals surface area (Å²) in [7, 11) is 0. The van der Waals surface area contributed by atoms with Gasteiger partial charge in [0.2, 0.25) is 0 Å². The molecule has 3 aromatic carbocycles. The molecule has 24 heavy (non-hydrogen) atoms. The average molecular weight is 312 g/mol. The molecule has 0 saturated carbocycles. The zero-order chi connectivity index (χ0) is 16.2. The summed E-state index contributed by atoms with van der Waals surface area (Å²) < 4.78 is 0. The number of benzene rings is 3. The standard InChI is InChI=1S/C20H16N4/c1-4-10-16(11-5-1)19-20(17-12-6-2-7-13-17)24(23-22-21-19)18-14-8-3-9-15-18/h1-15H,(H,21,23). The Morgan fingerprint density at radius 2 is 1.17 bits per heavy atom. The second-order valence-corrected chi connectivity index (χ2v) is 5.40. The van der Waals surface area contributed by atoms with Gasteiger partial charge in [0.15, 0.2) is 0 Å². The predicted octanol–water partition coefficient (Wildman–Crippen LogP) is 4.90. The first-order chi connectivity index (χ1) is 11.9. The number of nitrogens with zero attached hydrogens (tertiary/aromatic N) is 3. The maximum atomic E-state index is 4.39. The van der Waals surface area contributed by atoms with E-state index in [1.54, 1.807) is 0 Å². The average Bonchev–Trinajstić information content (AvgIpc) is 2.69. The third kappa shape index (κ3) is 2.65. The van der Waals surface area contributed by atoms with Crippen molar-refractivity contribution in [3.63, 3.8) is 0 Å². The SMILES string of the molecule is c1ccc(C2=C(c3ccccc3)N(c3ccccc3)NN=N2)cc1. The lowest BCUT2D eigenvalue weighted by Crippen LogP contribution is -2.35. The third-order valence-electron chi connectivity index (χ3n) is 3.85. The Kier molecular flexibility index (Phi) is 3.78. The molecule has 0 amide bonds. The van der Waals surface area contributed by atoms with Gasteiger partial charge in [0.05, 0.1) is 5.69 Å². The van der Waals surface area contributed by atoms with Gasteiger partial charge in [0.25, 0.3) is 0 Å². The van der Waals surface area contributed by atoms with Crippen molar-refractivity contribution >= 4 is 17.1 Å². The van der Waals surface area contributed by atoms with E-state index >= 15 is 0 Å². The van der Waals surface area contributed by atoms with E-state index in [2.05, 4.69) is 28.0 Å². The van der Waals surface area contributed by atoms with Crippen molar-refractivity contribution in [2.75, 3.05) is 5.01 Å². The maximum absolute atomic E-state index is 4.39. The van der Waals surface area contributed by atoms with Crippen LogP contribution in [0.25, 0.3) is 11.4 Å². The van der Waals surface area contributed by atoms with E-state index in [1.807, 2.05) is 83.9 Å². The first-order valence-corrected chi connectivity index (χ1v) is 7.80. The molecule has 1 N–H and O–H groups in total. The molecule has 4 heteroatoms. The van der Waals surface area contributed by atoms with Gasteiger partial charge in [0, 0.05) is 11.1 Å². The Morgan fingerprint density at radius 1 is 0.625 bits per heavy atom. The van der Waals surface area contributed by atoms with Crippen LogP contribution in [0.1, 0.15) is 11.1 Å². The second kappa shape index (κ2) is 6.38. The van der Waals surface area contributed by atoms with Gasteiger partial charge in [-0.3, -0.25) is 0 Å². The van der Waals surface area contributed by atoms with Crippen molar-refractivity contribution in [3.05, 3.63) is 102 Å². The highest BCUT2D eigenvalue weighted by molar-refractivity contribution is 5.96. The molecule has 0 atom stereocenters. The van der Waals surface area contributed by atoms with Gasteiger partial charge in [-0.05, 0) is 12.1 Å². The molecule has 4 rings (SSSR count). The highest BCUT2D eigenvalue weighted by Crippen LogP contribution is 2.34. The lowest BCUT2D eigenvalue weighted by molar-refractivity contribution is 0.701.